The number of carbonyl (C=O) groups is 2. The number of hydrogen-bond donors (Lipinski definition) is 3. The third kappa shape index (κ3) is 4.18. The molecule has 21 heavy (non-hydrogen) atoms. The molecule has 7 heteroatoms. The van der Waals surface area contributed by atoms with Crippen molar-refractivity contribution in [2.24, 2.45) is 0 Å². The molecule has 2 unspecified atom stereocenters. The third-order valence-corrected chi connectivity index (χ3v) is 4.21. The van der Waals surface area contributed by atoms with Gasteiger partial charge in [0.2, 0.25) is 0 Å². The molecule has 1 aliphatic rings. The van der Waals surface area contributed by atoms with E-state index in [-0.39, 0.29) is 23.7 Å². The van der Waals surface area contributed by atoms with Crippen molar-refractivity contribution in [1.82, 2.24) is 5.32 Å². The van der Waals surface area contributed by atoms with Crippen LogP contribution in [0, 0.1) is 0 Å². The molecule has 0 spiro atoms. The molecule has 0 radical (unpaired) electrons. The highest BCUT2D eigenvalue weighted by Gasteiger charge is 2.25. The lowest BCUT2D eigenvalue weighted by Gasteiger charge is -2.14. The Labute approximate surface area is 131 Å². The van der Waals surface area contributed by atoms with Crippen molar-refractivity contribution in [2.45, 2.75) is 31.4 Å². The fraction of sp³-hybridized carbons (Fsp3) is 0.429. The quantitative estimate of drug-likeness (QED) is 0.773. The zero-order valence-corrected chi connectivity index (χ0v) is 13.1. The molecule has 1 aromatic carbocycles. The minimum absolute atomic E-state index is 0.0800. The number of urea groups is 1. The van der Waals surface area contributed by atoms with Crippen LogP contribution in [0.2, 0.25) is 0 Å². The fourth-order valence-electron chi connectivity index (χ4n) is 2.38. The maximum atomic E-state index is 12.0. The number of anilines is 1. The van der Waals surface area contributed by atoms with Crippen LogP contribution >= 0.6 is 15.9 Å². The molecule has 0 saturated heterocycles. The first kappa shape index (κ1) is 15.8. The summed E-state index contributed by atoms with van der Waals surface area (Å²) in [5.74, 6) is -1.04. The van der Waals surface area contributed by atoms with E-state index in [0.717, 1.165) is 19.3 Å². The van der Waals surface area contributed by atoms with Gasteiger partial charge in [-0.25, -0.2) is 9.59 Å². The van der Waals surface area contributed by atoms with Crippen LogP contribution in [0.15, 0.2) is 22.7 Å². The van der Waals surface area contributed by atoms with E-state index in [1.807, 2.05) is 0 Å². The van der Waals surface area contributed by atoms with Crippen molar-refractivity contribution in [3.63, 3.8) is 0 Å². The van der Waals surface area contributed by atoms with Gasteiger partial charge in [0.1, 0.15) is 0 Å². The molecule has 0 aromatic heterocycles. The fourth-order valence-corrected chi connectivity index (χ4v) is 2.73. The van der Waals surface area contributed by atoms with Gasteiger partial charge >= 0.3 is 12.0 Å². The van der Waals surface area contributed by atoms with Crippen LogP contribution in [0.5, 0.6) is 0 Å². The van der Waals surface area contributed by atoms with E-state index in [2.05, 4.69) is 26.6 Å². The van der Waals surface area contributed by atoms with Crippen molar-refractivity contribution in [1.29, 1.82) is 0 Å². The molecule has 2 rings (SSSR count). The number of nitrogens with one attached hydrogen (secondary N) is 2. The second-order valence-corrected chi connectivity index (χ2v) is 5.82. The predicted octanol–water partition coefficient (Wildman–Crippen LogP) is 2.84. The second kappa shape index (κ2) is 6.91. The number of halogens is 1. The lowest BCUT2D eigenvalue weighted by Crippen LogP contribution is -2.36. The molecule has 0 bridgehead atoms. The highest BCUT2D eigenvalue weighted by atomic mass is 79.9. The van der Waals surface area contributed by atoms with Gasteiger partial charge in [0.25, 0.3) is 0 Å². The SMILES string of the molecule is COC1CCC(NC(=O)Nc2cc(C(=O)O)ccc2Br)C1. The van der Waals surface area contributed by atoms with Crippen LogP contribution in [0.3, 0.4) is 0 Å². The smallest absolute Gasteiger partial charge is 0.335 e. The van der Waals surface area contributed by atoms with Gasteiger partial charge in [-0.05, 0) is 53.4 Å². The summed E-state index contributed by atoms with van der Waals surface area (Å²) in [4.78, 5) is 22.9. The normalized spacial score (nSPS) is 21.0. The van der Waals surface area contributed by atoms with E-state index < -0.39 is 5.97 Å². The summed E-state index contributed by atoms with van der Waals surface area (Å²) in [6, 6.07) is 4.21. The first-order chi connectivity index (χ1) is 9.99. The van der Waals surface area contributed by atoms with E-state index in [9.17, 15) is 9.59 Å². The Morgan fingerprint density at radius 1 is 1.38 bits per heavy atom. The molecule has 6 nitrogen and oxygen atoms in total. The topological polar surface area (TPSA) is 87.7 Å². The summed E-state index contributed by atoms with van der Waals surface area (Å²) in [5, 5.41) is 14.5. The number of carbonyl (C=O) groups excluding carboxylic acids is 1. The first-order valence-corrected chi connectivity index (χ1v) is 7.42. The number of hydrogen-bond acceptors (Lipinski definition) is 3. The maximum Gasteiger partial charge on any atom is 0.335 e. The molecule has 1 aromatic rings. The number of aromatic carboxylic acids is 1. The van der Waals surface area contributed by atoms with Crippen molar-refractivity contribution >= 4 is 33.6 Å². The Morgan fingerprint density at radius 3 is 2.76 bits per heavy atom. The minimum atomic E-state index is -1.04. The summed E-state index contributed by atoms with van der Waals surface area (Å²) >= 11 is 3.29. The standard InChI is InChI=1S/C14H17BrN2O4/c1-21-10-4-3-9(7-10)16-14(20)17-12-6-8(13(18)19)2-5-11(12)15/h2,5-6,9-10H,3-4,7H2,1H3,(H,18,19)(H2,16,17,20). The number of amides is 2. The lowest BCUT2D eigenvalue weighted by molar-refractivity contribution is 0.0697. The molecule has 114 valence electrons. The first-order valence-electron chi connectivity index (χ1n) is 6.62. The van der Waals surface area contributed by atoms with Gasteiger partial charge in [0, 0.05) is 17.6 Å². The van der Waals surface area contributed by atoms with Gasteiger partial charge in [-0.3, -0.25) is 0 Å². The van der Waals surface area contributed by atoms with Crippen molar-refractivity contribution in [3.05, 3.63) is 28.2 Å². The van der Waals surface area contributed by atoms with E-state index in [1.165, 1.54) is 12.1 Å². The molecular formula is C14H17BrN2O4. The van der Waals surface area contributed by atoms with E-state index in [4.69, 9.17) is 9.84 Å². The number of carboxylic acid groups (broad SMARTS) is 1. The lowest BCUT2D eigenvalue weighted by atomic mass is 10.2. The Morgan fingerprint density at radius 2 is 2.14 bits per heavy atom. The van der Waals surface area contributed by atoms with Gasteiger partial charge in [0.15, 0.2) is 0 Å². The van der Waals surface area contributed by atoms with Crippen molar-refractivity contribution < 1.29 is 19.4 Å². The van der Waals surface area contributed by atoms with E-state index in [1.54, 1.807) is 13.2 Å². The summed E-state index contributed by atoms with van der Waals surface area (Å²) in [6.07, 6.45) is 2.79. The Bertz CT molecular complexity index is 550. The average Bonchev–Trinajstić information content (AvgIpc) is 2.88. The number of rotatable bonds is 4. The third-order valence-electron chi connectivity index (χ3n) is 3.51. The van der Waals surface area contributed by atoms with Crippen LogP contribution in [0.4, 0.5) is 10.5 Å². The molecule has 1 aliphatic carbocycles. The van der Waals surface area contributed by atoms with Crippen LogP contribution in [0.1, 0.15) is 29.6 Å². The highest BCUT2D eigenvalue weighted by Crippen LogP contribution is 2.24. The van der Waals surface area contributed by atoms with Gasteiger partial charge in [0.05, 0.1) is 17.4 Å². The molecule has 1 fully saturated rings. The molecule has 0 heterocycles. The van der Waals surface area contributed by atoms with Crippen molar-refractivity contribution in [2.75, 3.05) is 12.4 Å². The van der Waals surface area contributed by atoms with Gasteiger partial charge in [-0.1, -0.05) is 0 Å². The van der Waals surface area contributed by atoms with Gasteiger partial charge < -0.3 is 20.5 Å². The summed E-state index contributed by atoms with van der Waals surface area (Å²) < 4.78 is 5.89. The van der Waals surface area contributed by atoms with Gasteiger partial charge in [-0.2, -0.15) is 0 Å². The average molecular weight is 357 g/mol. The van der Waals surface area contributed by atoms with Gasteiger partial charge in [-0.15, -0.1) is 0 Å². The minimum Gasteiger partial charge on any atom is -0.478 e. The van der Waals surface area contributed by atoms with E-state index >= 15 is 0 Å². The zero-order chi connectivity index (χ0) is 15.4. The number of ether oxygens (including phenoxy) is 1. The van der Waals surface area contributed by atoms with Crippen LogP contribution in [-0.2, 0) is 4.74 Å². The molecule has 1 saturated carbocycles. The largest absolute Gasteiger partial charge is 0.478 e. The zero-order valence-electron chi connectivity index (χ0n) is 11.6. The number of benzene rings is 1. The van der Waals surface area contributed by atoms with E-state index in [0.29, 0.717) is 10.2 Å². The number of carboxylic acids is 1. The predicted molar refractivity (Wildman–Crippen MR) is 81.7 cm³/mol. The molecule has 3 N–H and O–H groups in total. The van der Waals surface area contributed by atoms with Crippen molar-refractivity contribution in [3.8, 4) is 0 Å². The molecule has 0 aliphatic heterocycles. The highest BCUT2D eigenvalue weighted by molar-refractivity contribution is 9.10. The molecule has 2 atom stereocenters. The Balaban J connectivity index is 1.96. The maximum absolute atomic E-state index is 12.0. The second-order valence-electron chi connectivity index (χ2n) is 4.97. The summed E-state index contributed by atoms with van der Waals surface area (Å²) in [5.41, 5.74) is 0.544. The molecule has 2 amide bonds. The molecular weight excluding hydrogens is 340 g/mol. The van der Waals surface area contributed by atoms with Crippen LogP contribution < -0.4 is 10.6 Å². The summed E-state index contributed by atoms with van der Waals surface area (Å²) in [7, 11) is 1.67. The number of methoxy groups -OCH3 is 1. The Hall–Kier alpha value is -1.60. The van der Waals surface area contributed by atoms with Crippen LogP contribution in [-0.4, -0.2) is 36.4 Å². The monoisotopic (exact) mass is 356 g/mol. The van der Waals surface area contributed by atoms with Crippen LogP contribution in [0.25, 0.3) is 0 Å². The Kier molecular flexibility index (Phi) is 5.19. The summed E-state index contributed by atoms with van der Waals surface area (Å²) in [6.45, 7) is 0.